The van der Waals surface area contributed by atoms with Crippen molar-refractivity contribution in [3.05, 3.63) is 75.3 Å². The summed E-state index contributed by atoms with van der Waals surface area (Å²) in [5, 5.41) is 12.3. The van der Waals surface area contributed by atoms with E-state index in [4.69, 9.17) is 5.26 Å². The third kappa shape index (κ3) is 3.62. The molecule has 130 valence electrons. The first-order valence-electron chi connectivity index (χ1n) is 8.28. The number of aromatic amines is 1. The fourth-order valence-corrected chi connectivity index (χ4v) is 2.58. The third-order valence-corrected chi connectivity index (χ3v) is 4.31. The Balaban J connectivity index is 1.79. The molecule has 26 heavy (non-hydrogen) atoms. The predicted molar refractivity (Wildman–Crippen MR) is 101 cm³/mol. The van der Waals surface area contributed by atoms with E-state index in [0.29, 0.717) is 28.5 Å². The Morgan fingerprint density at radius 1 is 1.23 bits per heavy atom. The molecule has 1 unspecified atom stereocenters. The van der Waals surface area contributed by atoms with Crippen molar-refractivity contribution in [3.63, 3.8) is 0 Å². The minimum Gasteiger partial charge on any atom is -0.364 e. The monoisotopic (exact) mass is 345 g/mol. The molecule has 0 saturated heterocycles. The lowest BCUT2D eigenvalue weighted by molar-refractivity contribution is 0.874. The van der Waals surface area contributed by atoms with E-state index in [1.165, 1.54) is 0 Å². The summed E-state index contributed by atoms with van der Waals surface area (Å²) in [5.41, 5.74) is 3.57. The van der Waals surface area contributed by atoms with Crippen LogP contribution in [0, 0.1) is 25.2 Å². The maximum absolute atomic E-state index is 11.9. The average molecular weight is 345 g/mol. The van der Waals surface area contributed by atoms with Crippen molar-refractivity contribution in [2.45, 2.75) is 26.8 Å². The minimum atomic E-state index is -0.138. The Morgan fingerprint density at radius 2 is 2.04 bits per heavy atom. The first-order chi connectivity index (χ1) is 12.5. The fraction of sp³-hybridized carbons (Fsp3) is 0.200. The zero-order valence-electron chi connectivity index (χ0n) is 14.9. The summed E-state index contributed by atoms with van der Waals surface area (Å²) in [6.45, 7) is 5.57. The number of nitriles is 1. The van der Waals surface area contributed by atoms with Crippen LogP contribution in [0.2, 0.25) is 0 Å². The summed E-state index contributed by atoms with van der Waals surface area (Å²) in [4.78, 5) is 23.5. The van der Waals surface area contributed by atoms with Gasteiger partial charge >= 0.3 is 0 Å². The normalized spacial score (nSPS) is 11.6. The highest BCUT2D eigenvalue weighted by Crippen LogP contribution is 2.21. The molecular weight excluding hydrogens is 326 g/mol. The van der Waals surface area contributed by atoms with Crippen LogP contribution in [-0.4, -0.2) is 15.0 Å². The molecule has 0 aliphatic rings. The zero-order valence-corrected chi connectivity index (χ0v) is 14.9. The van der Waals surface area contributed by atoms with Gasteiger partial charge in [0.25, 0.3) is 5.56 Å². The number of aryl methyl sites for hydroxylation is 1. The molecule has 0 saturated carbocycles. The first kappa shape index (κ1) is 17.4. The van der Waals surface area contributed by atoms with Crippen molar-refractivity contribution in [2.75, 3.05) is 5.32 Å². The van der Waals surface area contributed by atoms with Gasteiger partial charge in [-0.1, -0.05) is 12.1 Å². The van der Waals surface area contributed by atoms with Gasteiger partial charge in [-0.25, -0.2) is 9.97 Å². The second-order valence-electron chi connectivity index (χ2n) is 6.16. The largest absolute Gasteiger partial charge is 0.364 e. The maximum atomic E-state index is 11.9. The smallest absolute Gasteiger partial charge is 0.254 e. The van der Waals surface area contributed by atoms with Crippen LogP contribution in [-0.2, 0) is 0 Å². The lowest BCUT2D eigenvalue weighted by Crippen LogP contribution is -2.14. The van der Waals surface area contributed by atoms with E-state index in [2.05, 4.69) is 26.3 Å². The molecule has 6 nitrogen and oxygen atoms in total. The van der Waals surface area contributed by atoms with Gasteiger partial charge in [0.15, 0.2) is 0 Å². The average Bonchev–Trinajstić information content (AvgIpc) is 2.66. The van der Waals surface area contributed by atoms with Crippen LogP contribution in [0.4, 0.5) is 5.82 Å². The molecule has 0 aliphatic carbocycles. The lowest BCUT2D eigenvalue weighted by Gasteiger charge is -2.15. The molecule has 0 spiro atoms. The van der Waals surface area contributed by atoms with Crippen LogP contribution in [0.1, 0.15) is 35.3 Å². The van der Waals surface area contributed by atoms with Crippen molar-refractivity contribution in [2.24, 2.45) is 0 Å². The van der Waals surface area contributed by atoms with Gasteiger partial charge in [-0.05, 0) is 50.6 Å². The predicted octanol–water partition coefficient (Wildman–Crippen LogP) is 3.49. The summed E-state index contributed by atoms with van der Waals surface area (Å²) in [5.74, 6) is 1.21. The number of H-pyrrole nitrogens is 1. The second kappa shape index (κ2) is 7.19. The van der Waals surface area contributed by atoms with Gasteiger partial charge in [0.1, 0.15) is 11.6 Å². The molecule has 2 aromatic heterocycles. The number of aromatic nitrogens is 3. The van der Waals surface area contributed by atoms with E-state index >= 15 is 0 Å². The standard InChI is InChI=1S/C20H19N5O/c1-12-13(2)24-19(25-20(12)26)17-7-8-18(22-11-17)23-14(3)16-6-4-5-15(9-16)10-21/h4-9,11,14H,1-3H3,(H,22,23)(H,24,25,26). The number of benzene rings is 1. The van der Waals surface area contributed by atoms with E-state index in [1.807, 2.05) is 44.2 Å². The SMILES string of the molecule is Cc1nc(-c2ccc(NC(C)c3cccc(C#N)c3)nc2)[nH]c(=O)c1C. The molecule has 2 N–H and O–H groups in total. The van der Waals surface area contributed by atoms with Gasteiger partial charge in [-0.15, -0.1) is 0 Å². The Kier molecular flexibility index (Phi) is 4.81. The van der Waals surface area contributed by atoms with Crippen molar-refractivity contribution in [1.82, 2.24) is 15.0 Å². The van der Waals surface area contributed by atoms with Crippen molar-refractivity contribution >= 4 is 5.82 Å². The summed E-state index contributed by atoms with van der Waals surface area (Å²) < 4.78 is 0. The van der Waals surface area contributed by atoms with Gasteiger partial charge in [-0.3, -0.25) is 4.79 Å². The molecule has 0 radical (unpaired) electrons. The number of nitrogens with zero attached hydrogens (tertiary/aromatic N) is 3. The van der Waals surface area contributed by atoms with Crippen molar-refractivity contribution < 1.29 is 0 Å². The quantitative estimate of drug-likeness (QED) is 0.755. The molecule has 3 aromatic rings. The van der Waals surface area contributed by atoms with Crippen LogP contribution >= 0.6 is 0 Å². The minimum absolute atomic E-state index is 0.00111. The topological polar surface area (TPSA) is 94.5 Å². The first-order valence-corrected chi connectivity index (χ1v) is 8.28. The molecule has 1 aromatic carbocycles. The van der Waals surface area contributed by atoms with Gasteiger partial charge in [0, 0.05) is 29.1 Å². The van der Waals surface area contributed by atoms with E-state index in [0.717, 1.165) is 11.1 Å². The highest BCUT2D eigenvalue weighted by Gasteiger charge is 2.09. The summed E-state index contributed by atoms with van der Waals surface area (Å²) in [6.07, 6.45) is 1.67. The highest BCUT2D eigenvalue weighted by molar-refractivity contribution is 5.56. The molecule has 0 bridgehead atoms. The molecule has 6 heteroatoms. The van der Waals surface area contributed by atoms with E-state index in [1.54, 1.807) is 19.2 Å². The van der Waals surface area contributed by atoms with Gasteiger partial charge in [0.05, 0.1) is 11.6 Å². The lowest BCUT2D eigenvalue weighted by atomic mass is 10.1. The molecule has 2 heterocycles. The fourth-order valence-electron chi connectivity index (χ4n) is 2.58. The van der Waals surface area contributed by atoms with Crippen LogP contribution in [0.25, 0.3) is 11.4 Å². The number of pyridine rings is 1. The van der Waals surface area contributed by atoms with Crippen molar-refractivity contribution in [1.29, 1.82) is 5.26 Å². The van der Waals surface area contributed by atoms with Crippen LogP contribution < -0.4 is 10.9 Å². The summed E-state index contributed by atoms with van der Waals surface area (Å²) in [7, 11) is 0. The number of hydrogen-bond donors (Lipinski definition) is 2. The van der Waals surface area contributed by atoms with E-state index in [-0.39, 0.29) is 11.6 Å². The van der Waals surface area contributed by atoms with Crippen LogP contribution in [0.15, 0.2) is 47.4 Å². The van der Waals surface area contributed by atoms with Gasteiger partial charge in [-0.2, -0.15) is 5.26 Å². The summed E-state index contributed by atoms with van der Waals surface area (Å²) >= 11 is 0. The van der Waals surface area contributed by atoms with Gasteiger partial charge < -0.3 is 10.3 Å². The number of nitrogens with one attached hydrogen (secondary N) is 2. The maximum Gasteiger partial charge on any atom is 0.254 e. The Labute approximate surface area is 151 Å². The van der Waals surface area contributed by atoms with Crippen LogP contribution in [0.3, 0.4) is 0 Å². The molecule has 1 atom stereocenters. The molecular formula is C20H19N5O. The highest BCUT2D eigenvalue weighted by atomic mass is 16.1. The Hall–Kier alpha value is -3.46. The Bertz CT molecular complexity index is 1030. The molecule has 0 amide bonds. The Morgan fingerprint density at radius 3 is 2.69 bits per heavy atom. The summed E-state index contributed by atoms with van der Waals surface area (Å²) in [6, 6.07) is 13.3. The number of anilines is 1. The number of hydrogen-bond acceptors (Lipinski definition) is 5. The van der Waals surface area contributed by atoms with E-state index < -0.39 is 0 Å². The van der Waals surface area contributed by atoms with Crippen molar-refractivity contribution in [3.8, 4) is 17.5 Å². The third-order valence-electron chi connectivity index (χ3n) is 4.31. The molecule has 0 fully saturated rings. The molecule has 0 aliphatic heterocycles. The molecule has 3 rings (SSSR count). The van der Waals surface area contributed by atoms with E-state index in [9.17, 15) is 4.79 Å². The zero-order chi connectivity index (χ0) is 18.7. The van der Waals surface area contributed by atoms with Gasteiger partial charge in [0.2, 0.25) is 0 Å². The van der Waals surface area contributed by atoms with Crippen LogP contribution in [0.5, 0.6) is 0 Å². The number of rotatable bonds is 4. The second-order valence-corrected chi connectivity index (χ2v) is 6.16.